The van der Waals surface area contributed by atoms with Gasteiger partial charge < -0.3 is 9.30 Å². The van der Waals surface area contributed by atoms with Gasteiger partial charge in [-0.3, -0.25) is 4.79 Å². The second kappa shape index (κ2) is 13.0. The first-order valence-corrected chi connectivity index (χ1v) is 14.8. The highest BCUT2D eigenvalue weighted by Gasteiger charge is 2.26. The Balaban J connectivity index is 1.51. The lowest BCUT2D eigenvalue weighted by Crippen LogP contribution is -2.40. The van der Waals surface area contributed by atoms with E-state index in [1.165, 1.54) is 29.1 Å². The molecule has 1 aromatic heterocycles. The highest BCUT2D eigenvalue weighted by Crippen LogP contribution is 2.24. The van der Waals surface area contributed by atoms with Gasteiger partial charge in [0, 0.05) is 29.2 Å². The van der Waals surface area contributed by atoms with E-state index in [0.717, 1.165) is 33.8 Å². The molecule has 1 N–H and O–H groups in total. The smallest absolute Gasteiger partial charge is 0.255 e. The fraction of sp³-hybridized carbons (Fsp3) is 0.250. The number of hydrogen-bond donors (Lipinski definition) is 1. The van der Waals surface area contributed by atoms with Gasteiger partial charge in [0.25, 0.3) is 5.91 Å². The van der Waals surface area contributed by atoms with E-state index < -0.39 is 15.9 Å². The van der Waals surface area contributed by atoms with Crippen LogP contribution in [0.2, 0.25) is 0 Å². The summed E-state index contributed by atoms with van der Waals surface area (Å²) in [5.74, 6) is 0.0125. The van der Waals surface area contributed by atoms with Crippen molar-refractivity contribution in [3.05, 3.63) is 113 Å². The van der Waals surface area contributed by atoms with E-state index >= 15 is 0 Å². The molecule has 0 saturated heterocycles. The lowest BCUT2D eigenvalue weighted by molar-refractivity contribution is -0.121. The van der Waals surface area contributed by atoms with Crippen molar-refractivity contribution in [1.82, 2.24) is 14.3 Å². The fourth-order valence-corrected chi connectivity index (χ4v) is 6.10. The zero-order valence-corrected chi connectivity index (χ0v) is 24.9. The van der Waals surface area contributed by atoms with Gasteiger partial charge in [-0.15, -0.1) is 0 Å². The number of ether oxygens (including phenoxy) is 1. The van der Waals surface area contributed by atoms with Gasteiger partial charge in [-0.2, -0.15) is 9.41 Å². The van der Waals surface area contributed by atoms with Gasteiger partial charge in [0.15, 0.2) is 0 Å². The third-order valence-electron chi connectivity index (χ3n) is 6.98. The molecule has 4 rings (SSSR count). The number of hydrazone groups is 1. The number of benzene rings is 3. The van der Waals surface area contributed by atoms with E-state index in [9.17, 15) is 13.2 Å². The van der Waals surface area contributed by atoms with Gasteiger partial charge in [0.1, 0.15) is 5.75 Å². The summed E-state index contributed by atoms with van der Waals surface area (Å²) < 4.78 is 35.5. The van der Waals surface area contributed by atoms with Crippen LogP contribution in [0, 0.1) is 27.7 Å². The minimum absolute atomic E-state index is 0.0848. The predicted octanol–water partition coefficient (Wildman–Crippen LogP) is 5.10. The Morgan fingerprint density at radius 1 is 0.976 bits per heavy atom. The molecule has 0 saturated carbocycles. The van der Waals surface area contributed by atoms with Crippen LogP contribution in [0.1, 0.15) is 33.6 Å². The van der Waals surface area contributed by atoms with Crippen molar-refractivity contribution < 1.29 is 17.9 Å². The van der Waals surface area contributed by atoms with Crippen molar-refractivity contribution in [3.63, 3.8) is 0 Å². The van der Waals surface area contributed by atoms with Crippen LogP contribution in [0.3, 0.4) is 0 Å². The van der Waals surface area contributed by atoms with E-state index in [0.29, 0.717) is 12.2 Å². The fourth-order valence-electron chi connectivity index (χ4n) is 4.70. The minimum Gasteiger partial charge on any atom is -0.497 e. The van der Waals surface area contributed by atoms with Crippen LogP contribution in [0.5, 0.6) is 5.75 Å². The molecule has 0 aliphatic rings. The molecular weight excluding hydrogens is 536 g/mol. The normalized spacial score (nSPS) is 11.8. The summed E-state index contributed by atoms with van der Waals surface area (Å²) in [5, 5.41) is 4.16. The lowest BCUT2D eigenvalue weighted by atomic mass is 10.1. The largest absolute Gasteiger partial charge is 0.497 e. The van der Waals surface area contributed by atoms with Crippen LogP contribution in [-0.4, -0.2) is 49.6 Å². The number of rotatable bonds is 11. The Hall–Kier alpha value is -4.21. The van der Waals surface area contributed by atoms with Gasteiger partial charge in [-0.05, 0) is 87.2 Å². The zero-order chi connectivity index (χ0) is 29.6. The lowest BCUT2D eigenvalue weighted by Gasteiger charge is -2.21. The van der Waals surface area contributed by atoms with Crippen LogP contribution in [0.15, 0.2) is 88.9 Å². The Kier molecular flexibility index (Phi) is 9.42. The van der Waals surface area contributed by atoms with E-state index in [1.54, 1.807) is 18.3 Å². The summed E-state index contributed by atoms with van der Waals surface area (Å²) >= 11 is 0. The molecule has 1 heterocycles. The average molecular weight is 573 g/mol. The van der Waals surface area contributed by atoms with E-state index in [1.807, 2.05) is 50.2 Å². The molecule has 0 aliphatic carbocycles. The topological polar surface area (TPSA) is 93.0 Å². The summed E-state index contributed by atoms with van der Waals surface area (Å²) in [4.78, 5) is 13.0. The molecule has 0 radical (unpaired) electrons. The second-order valence-electron chi connectivity index (χ2n) is 9.99. The van der Waals surface area contributed by atoms with Gasteiger partial charge >= 0.3 is 0 Å². The number of carbonyl (C=O) groups is 1. The number of sulfonamides is 1. The third kappa shape index (κ3) is 7.11. The summed E-state index contributed by atoms with van der Waals surface area (Å²) in [7, 11) is -2.44. The van der Waals surface area contributed by atoms with E-state index in [-0.39, 0.29) is 18.0 Å². The molecule has 0 spiro atoms. The Morgan fingerprint density at radius 3 is 2.37 bits per heavy atom. The molecule has 214 valence electrons. The summed E-state index contributed by atoms with van der Waals surface area (Å²) in [6, 6.07) is 24.0. The Labute approximate surface area is 242 Å². The molecule has 0 bridgehead atoms. The number of methoxy groups -OCH3 is 1. The van der Waals surface area contributed by atoms with Crippen LogP contribution in [0.4, 0.5) is 0 Å². The quantitative estimate of drug-likeness (QED) is 0.200. The molecule has 4 aromatic rings. The van der Waals surface area contributed by atoms with Crippen molar-refractivity contribution >= 4 is 22.1 Å². The number of aryl methyl sites for hydroxylation is 3. The number of aromatic nitrogens is 1. The number of hydrogen-bond acceptors (Lipinski definition) is 5. The van der Waals surface area contributed by atoms with Crippen LogP contribution < -0.4 is 10.2 Å². The van der Waals surface area contributed by atoms with Gasteiger partial charge in [0.2, 0.25) is 10.0 Å². The number of nitrogens with zero attached hydrogens (tertiary/aromatic N) is 3. The molecule has 0 aliphatic heterocycles. The van der Waals surface area contributed by atoms with Crippen molar-refractivity contribution in [2.24, 2.45) is 5.10 Å². The maximum atomic E-state index is 13.5. The van der Waals surface area contributed by atoms with Gasteiger partial charge in [-0.25, -0.2) is 13.8 Å². The monoisotopic (exact) mass is 572 g/mol. The average Bonchev–Trinajstić information content (AvgIpc) is 3.24. The van der Waals surface area contributed by atoms with E-state index in [4.69, 9.17) is 4.74 Å². The third-order valence-corrected chi connectivity index (χ3v) is 8.84. The maximum absolute atomic E-state index is 13.5. The highest BCUT2D eigenvalue weighted by molar-refractivity contribution is 7.89. The molecular formula is C32H36N4O4S. The van der Waals surface area contributed by atoms with Gasteiger partial charge in [-0.1, -0.05) is 42.5 Å². The molecule has 0 fully saturated rings. The van der Waals surface area contributed by atoms with Gasteiger partial charge in [0.05, 0.1) is 24.8 Å². The van der Waals surface area contributed by atoms with Crippen molar-refractivity contribution in [3.8, 4) is 11.4 Å². The van der Waals surface area contributed by atoms with E-state index in [2.05, 4.69) is 47.1 Å². The van der Waals surface area contributed by atoms with Crippen molar-refractivity contribution in [2.75, 3.05) is 20.2 Å². The molecule has 8 nitrogen and oxygen atoms in total. The van der Waals surface area contributed by atoms with Crippen LogP contribution in [-0.2, 0) is 21.2 Å². The second-order valence-corrected chi connectivity index (χ2v) is 11.9. The Morgan fingerprint density at radius 2 is 1.68 bits per heavy atom. The summed E-state index contributed by atoms with van der Waals surface area (Å²) in [5.41, 5.74) is 9.79. The van der Waals surface area contributed by atoms with Crippen molar-refractivity contribution in [2.45, 2.75) is 39.0 Å². The van der Waals surface area contributed by atoms with Crippen LogP contribution in [0.25, 0.3) is 5.69 Å². The SMILES string of the molecule is COc1ccc(S(=O)(=O)N(CCc2ccccc2)CC(=O)N/N=C/c2cc(C)n(-c3cc(C)ccc3C)c2C)cc1. The Bertz CT molecular complexity index is 1640. The summed E-state index contributed by atoms with van der Waals surface area (Å²) in [6.07, 6.45) is 2.05. The number of carbonyl (C=O) groups excluding carboxylic acids is 1. The number of amides is 1. The first-order chi connectivity index (χ1) is 19.6. The minimum atomic E-state index is -3.95. The molecule has 9 heteroatoms. The summed E-state index contributed by atoms with van der Waals surface area (Å²) in [6.45, 7) is 7.93. The molecule has 0 atom stereocenters. The molecule has 41 heavy (non-hydrogen) atoms. The van der Waals surface area contributed by atoms with Crippen molar-refractivity contribution in [1.29, 1.82) is 0 Å². The molecule has 1 amide bonds. The first kappa shape index (κ1) is 29.8. The predicted molar refractivity (Wildman–Crippen MR) is 162 cm³/mol. The maximum Gasteiger partial charge on any atom is 0.255 e. The molecule has 0 unspecified atom stereocenters. The molecule has 3 aromatic carbocycles. The standard InChI is InChI=1S/C32H36N4O4S/c1-23-11-12-24(2)31(19-23)36-25(3)20-28(26(36)4)21-33-34-32(37)22-35(18-17-27-9-7-6-8-10-27)41(38,39)30-15-13-29(40-5)14-16-30/h6-16,19-21H,17-18,22H2,1-5H3,(H,34,37)/b33-21+. The van der Waals surface area contributed by atoms with Crippen LogP contribution >= 0.6 is 0 Å². The number of nitrogens with one attached hydrogen (secondary N) is 1. The first-order valence-electron chi connectivity index (χ1n) is 13.4. The highest BCUT2D eigenvalue weighted by atomic mass is 32.2. The zero-order valence-electron chi connectivity index (χ0n) is 24.1.